The summed E-state index contributed by atoms with van der Waals surface area (Å²) >= 11 is 12.1. The summed E-state index contributed by atoms with van der Waals surface area (Å²) in [5.74, 6) is 0.777. The fourth-order valence-electron chi connectivity index (χ4n) is 4.19. The van der Waals surface area contributed by atoms with Crippen molar-refractivity contribution >= 4 is 40.3 Å². The van der Waals surface area contributed by atoms with Crippen molar-refractivity contribution in [1.29, 1.82) is 0 Å². The second-order valence-corrected chi connectivity index (χ2v) is 10.3. The van der Waals surface area contributed by atoms with Crippen LogP contribution in [-0.4, -0.2) is 43.8 Å². The monoisotopic (exact) mass is 528 g/mol. The van der Waals surface area contributed by atoms with Gasteiger partial charge in [-0.2, -0.15) is 4.98 Å². The van der Waals surface area contributed by atoms with Gasteiger partial charge in [-0.25, -0.2) is 9.97 Å². The first kappa shape index (κ1) is 29.8. The molecule has 9 heteroatoms. The number of hydrogen-bond acceptors (Lipinski definition) is 6. The Kier molecular flexibility index (Phi) is 14.5. The minimum Gasteiger partial charge on any atom is -0.465 e. The zero-order chi connectivity index (χ0) is 25.5. The van der Waals surface area contributed by atoms with Crippen molar-refractivity contribution in [3.05, 3.63) is 16.3 Å². The smallest absolute Gasteiger partial charge is 0.305 e. The predicted octanol–water partition coefficient (Wildman–Crippen LogP) is 7.07. The molecule has 1 N–H and O–H groups in total. The SMILES string of the molecule is Cc1nc2nc(Cl)nc(Cl)c2n1CCCCCCCCCCCCCCCC(=O)OC[C@H](C)CO. The quantitative estimate of drug-likeness (QED) is 0.0906. The van der Waals surface area contributed by atoms with E-state index in [4.69, 9.17) is 33.0 Å². The van der Waals surface area contributed by atoms with Gasteiger partial charge in [-0.15, -0.1) is 0 Å². The van der Waals surface area contributed by atoms with Gasteiger partial charge in [0.2, 0.25) is 5.28 Å². The second-order valence-electron chi connectivity index (χ2n) is 9.58. The van der Waals surface area contributed by atoms with Crippen LogP contribution < -0.4 is 0 Å². The van der Waals surface area contributed by atoms with E-state index in [1.165, 1.54) is 64.2 Å². The third kappa shape index (κ3) is 11.4. The van der Waals surface area contributed by atoms with Crippen LogP contribution in [-0.2, 0) is 16.1 Å². The number of aromatic nitrogens is 4. The molecule has 2 aromatic rings. The van der Waals surface area contributed by atoms with Crippen molar-refractivity contribution in [2.45, 2.75) is 110 Å². The molecule has 2 heterocycles. The van der Waals surface area contributed by atoms with Gasteiger partial charge in [-0.05, 0) is 31.4 Å². The summed E-state index contributed by atoms with van der Waals surface area (Å²) in [6, 6.07) is 0. The van der Waals surface area contributed by atoms with Gasteiger partial charge < -0.3 is 14.4 Å². The van der Waals surface area contributed by atoms with Crippen molar-refractivity contribution < 1.29 is 14.6 Å². The number of unbranched alkanes of at least 4 members (excludes halogenated alkanes) is 12. The third-order valence-electron chi connectivity index (χ3n) is 6.33. The maximum absolute atomic E-state index is 11.6. The first-order valence-electron chi connectivity index (χ1n) is 13.2. The Morgan fingerprint density at radius 3 is 2.00 bits per heavy atom. The van der Waals surface area contributed by atoms with Crippen molar-refractivity contribution in [3.8, 4) is 0 Å². The Balaban J connectivity index is 1.39. The number of nitrogens with zero attached hydrogens (tertiary/aromatic N) is 4. The van der Waals surface area contributed by atoms with Crippen molar-refractivity contribution in [2.75, 3.05) is 13.2 Å². The molecule has 0 aliphatic heterocycles. The number of esters is 1. The molecule has 0 aromatic carbocycles. The topological polar surface area (TPSA) is 90.1 Å². The standard InChI is InChI=1S/C26H42Cl2N4O3/c1-20(18-33)19-35-22(34)16-14-12-10-8-6-4-3-5-7-9-11-13-15-17-32-21(2)29-25-23(32)24(27)30-26(28)31-25/h20,33H,3-19H2,1-2H3/t20-/m1/s1. The van der Waals surface area contributed by atoms with Crippen LogP contribution in [0.25, 0.3) is 11.2 Å². The van der Waals surface area contributed by atoms with Crippen molar-refractivity contribution in [1.82, 2.24) is 19.5 Å². The molecule has 2 aromatic heterocycles. The van der Waals surface area contributed by atoms with E-state index in [1.54, 1.807) is 0 Å². The van der Waals surface area contributed by atoms with E-state index in [2.05, 4.69) is 19.5 Å². The molecule has 0 spiro atoms. The van der Waals surface area contributed by atoms with Crippen LogP contribution in [0.15, 0.2) is 0 Å². The van der Waals surface area contributed by atoms with E-state index in [1.807, 2.05) is 13.8 Å². The molecule has 0 saturated carbocycles. The number of carbonyl (C=O) groups is 1. The number of ether oxygens (including phenoxy) is 1. The fraction of sp³-hybridized carbons (Fsp3) is 0.769. The van der Waals surface area contributed by atoms with Crippen LogP contribution in [0.1, 0.15) is 103 Å². The Bertz CT molecular complexity index is 891. The molecule has 35 heavy (non-hydrogen) atoms. The molecule has 0 radical (unpaired) electrons. The molecule has 0 aliphatic rings. The summed E-state index contributed by atoms with van der Waals surface area (Å²) in [6.45, 7) is 5.08. The molecule has 2 rings (SSSR count). The minimum atomic E-state index is -0.139. The summed E-state index contributed by atoms with van der Waals surface area (Å²) in [5.41, 5.74) is 1.34. The van der Waals surface area contributed by atoms with Gasteiger partial charge in [0.05, 0.1) is 6.61 Å². The normalized spacial score (nSPS) is 12.4. The fourth-order valence-corrected chi connectivity index (χ4v) is 4.67. The molecule has 198 valence electrons. The number of fused-ring (bicyclic) bond motifs is 1. The first-order chi connectivity index (χ1) is 16.9. The highest BCUT2D eigenvalue weighted by Gasteiger charge is 2.14. The third-order valence-corrected chi connectivity index (χ3v) is 6.76. The van der Waals surface area contributed by atoms with Gasteiger partial charge in [0.15, 0.2) is 10.8 Å². The molecule has 0 fully saturated rings. The van der Waals surface area contributed by atoms with Gasteiger partial charge >= 0.3 is 5.97 Å². The van der Waals surface area contributed by atoms with E-state index in [9.17, 15) is 4.79 Å². The lowest BCUT2D eigenvalue weighted by atomic mass is 10.0. The predicted molar refractivity (Wildman–Crippen MR) is 142 cm³/mol. The summed E-state index contributed by atoms with van der Waals surface area (Å²) in [7, 11) is 0. The Hall–Kier alpha value is -1.44. The van der Waals surface area contributed by atoms with Crippen LogP contribution in [0.5, 0.6) is 0 Å². The number of halogens is 2. The van der Waals surface area contributed by atoms with Gasteiger partial charge in [-0.3, -0.25) is 4.79 Å². The zero-order valence-corrected chi connectivity index (χ0v) is 22.9. The van der Waals surface area contributed by atoms with E-state index in [0.717, 1.165) is 37.1 Å². The number of aliphatic hydroxyl groups excluding tert-OH is 1. The van der Waals surface area contributed by atoms with Crippen LogP contribution in [0, 0.1) is 12.8 Å². The summed E-state index contributed by atoms with van der Waals surface area (Å²) in [5, 5.41) is 9.43. The lowest BCUT2D eigenvalue weighted by Gasteiger charge is -2.08. The van der Waals surface area contributed by atoms with Gasteiger partial charge in [0.1, 0.15) is 11.3 Å². The molecule has 0 amide bonds. The van der Waals surface area contributed by atoms with Crippen LogP contribution in [0.3, 0.4) is 0 Å². The summed E-state index contributed by atoms with van der Waals surface area (Å²) in [6.07, 6.45) is 16.3. The zero-order valence-electron chi connectivity index (χ0n) is 21.4. The van der Waals surface area contributed by atoms with Crippen molar-refractivity contribution in [3.63, 3.8) is 0 Å². The minimum absolute atomic E-state index is 0.0223. The number of aliphatic hydroxyl groups is 1. The lowest BCUT2D eigenvalue weighted by molar-refractivity contribution is -0.145. The Morgan fingerprint density at radius 1 is 0.886 bits per heavy atom. The highest BCUT2D eigenvalue weighted by molar-refractivity contribution is 6.35. The highest BCUT2D eigenvalue weighted by Crippen LogP contribution is 2.24. The van der Waals surface area contributed by atoms with Gasteiger partial charge in [0.25, 0.3) is 0 Å². The van der Waals surface area contributed by atoms with Crippen LogP contribution in [0.4, 0.5) is 0 Å². The van der Waals surface area contributed by atoms with Crippen LogP contribution >= 0.6 is 23.2 Å². The molecule has 0 bridgehead atoms. The Morgan fingerprint density at radius 2 is 1.43 bits per heavy atom. The van der Waals surface area contributed by atoms with E-state index < -0.39 is 0 Å². The number of hydrogen-bond donors (Lipinski definition) is 1. The number of rotatable bonds is 19. The molecule has 7 nitrogen and oxygen atoms in total. The van der Waals surface area contributed by atoms with Gasteiger partial charge in [0, 0.05) is 25.5 Å². The molecular weight excluding hydrogens is 487 g/mol. The van der Waals surface area contributed by atoms with E-state index in [0.29, 0.717) is 23.8 Å². The molecule has 0 saturated heterocycles. The van der Waals surface area contributed by atoms with E-state index in [-0.39, 0.29) is 23.8 Å². The van der Waals surface area contributed by atoms with Crippen LogP contribution in [0.2, 0.25) is 10.4 Å². The largest absolute Gasteiger partial charge is 0.465 e. The Labute approximate surface area is 220 Å². The maximum atomic E-state index is 11.6. The average molecular weight is 530 g/mol. The molecule has 0 unspecified atom stereocenters. The number of aryl methyl sites for hydroxylation is 2. The highest BCUT2D eigenvalue weighted by atomic mass is 35.5. The lowest BCUT2D eigenvalue weighted by Crippen LogP contribution is -2.14. The molecule has 0 aliphatic carbocycles. The van der Waals surface area contributed by atoms with Gasteiger partial charge in [-0.1, -0.05) is 89.2 Å². The first-order valence-corrected chi connectivity index (χ1v) is 14.0. The molecule has 1 atom stereocenters. The number of imidazole rings is 1. The average Bonchev–Trinajstić information content (AvgIpc) is 3.14. The second kappa shape index (κ2) is 17.1. The maximum Gasteiger partial charge on any atom is 0.305 e. The van der Waals surface area contributed by atoms with Crippen molar-refractivity contribution in [2.24, 2.45) is 5.92 Å². The molecular formula is C26H42Cl2N4O3. The summed E-state index contributed by atoms with van der Waals surface area (Å²) < 4.78 is 7.23. The van der Waals surface area contributed by atoms with E-state index >= 15 is 0 Å². The number of carbonyl (C=O) groups excluding carboxylic acids is 1. The summed E-state index contributed by atoms with van der Waals surface area (Å²) in [4.78, 5) is 24.3.